The van der Waals surface area contributed by atoms with Crippen molar-refractivity contribution in [2.75, 3.05) is 0 Å². The third-order valence-corrected chi connectivity index (χ3v) is 8.28. The van der Waals surface area contributed by atoms with Crippen molar-refractivity contribution in [1.29, 1.82) is 0 Å². The van der Waals surface area contributed by atoms with Crippen molar-refractivity contribution in [2.45, 2.75) is 33.1 Å². The number of benzene rings is 4. The third-order valence-electron chi connectivity index (χ3n) is 8.28. The van der Waals surface area contributed by atoms with Crippen molar-refractivity contribution in [3.63, 3.8) is 0 Å². The summed E-state index contributed by atoms with van der Waals surface area (Å²) in [6.45, 7) is 12.6. The molecule has 2 aliphatic rings. The average molecular weight is 562 g/mol. The minimum Gasteiger partial charge on any atom is -0.449 e. The lowest BCUT2D eigenvalue weighted by Gasteiger charge is -2.26. The van der Waals surface area contributed by atoms with Crippen LogP contribution in [0.1, 0.15) is 44.6 Å². The minimum absolute atomic E-state index is 0.156. The zero-order valence-corrected chi connectivity index (χ0v) is 24.7. The second-order valence-electron chi connectivity index (χ2n) is 11.4. The molecule has 0 fully saturated rings. The van der Waals surface area contributed by atoms with Crippen LogP contribution in [0, 0.1) is 0 Å². The van der Waals surface area contributed by atoms with Gasteiger partial charge in [-0.05, 0) is 66.4 Å². The first-order valence-corrected chi connectivity index (χ1v) is 14.4. The predicted octanol–water partition coefficient (Wildman–Crippen LogP) is 9.95. The van der Waals surface area contributed by atoms with E-state index in [2.05, 4.69) is 56.8 Å². The molecule has 43 heavy (non-hydrogen) atoms. The fraction of sp³-hybridized carbons (Fsp3) is 0.132. The van der Waals surface area contributed by atoms with Gasteiger partial charge in [0.25, 0.3) is 0 Å². The molecule has 2 heterocycles. The van der Waals surface area contributed by atoms with Gasteiger partial charge in [-0.25, -0.2) is 15.0 Å². The molecular weight excluding hydrogens is 530 g/mol. The zero-order valence-electron chi connectivity index (χ0n) is 24.7. The van der Waals surface area contributed by atoms with E-state index in [1.807, 2.05) is 74.5 Å². The lowest BCUT2D eigenvalue weighted by molar-refractivity contribution is 0.360. The van der Waals surface area contributed by atoms with Crippen LogP contribution >= 0.6 is 0 Å². The van der Waals surface area contributed by atoms with Gasteiger partial charge in [-0.2, -0.15) is 0 Å². The topological polar surface area (TPSA) is 57.1 Å². The Morgan fingerprint density at radius 3 is 2.23 bits per heavy atom. The molecule has 0 bridgehead atoms. The van der Waals surface area contributed by atoms with E-state index in [0.29, 0.717) is 40.5 Å². The summed E-state index contributed by atoms with van der Waals surface area (Å²) in [5, 5.41) is 0. The van der Waals surface area contributed by atoms with E-state index in [1.54, 1.807) is 6.08 Å². The van der Waals surface area contributed by atoms with Crippen LogP contribution in [0.3, 0.4) is 0 Å². The maximum absolute atomic E-state index is 6.67. The number of fused-ring (bicyclic) bond motifs is 5. The molecule has 0 N–H and O–H groups in total. The quantitative estimate of drug-likeness (QED) is 0.196. The summed E-state index contributed by atoms with van der Waals surface area (Å²) in [7, 11) is 0. The summed E-state index contributed by atoms with van der Waals surface area (Å²) < 4.78 is 13.2. The van der Waals surface area contributed by atoms with Crippen molar-refractivity contribution in [3.8, 4) is 56.9 Å². The predicted molar refractivity (Wildman–Crippen MR) is 172 cm³/mol. The zero-order chi connectivity index (χ0) is 29.7. The van der Waals surface area contributed by atoms with Crippen LogP contribution in [-0.4, -0.2) is 15.0 Å². The fourth-order valence-corrected chi connectivity index (χ4v) is 5.86. The number of allylic oxidation sites excluding steroid dienone is 5. The molecule has 1 aromatic heterocycles. The molecule has 0 atom stereocenters. The molecule has 0 unspecified atom stereocenters. The molecule has 210 valence electrons. The number of aromatic nitrogens is 3. The Balaban J connectivity index is 1.37. The minimum atomic E-state index is -0.156. The lowest BCUT2D eigenvalue weighted by Crippen LogP contribution is -2.15. The number of hydrogen-bond donors (Lipinski definition) is 0. The van der Waals surface area contributed by atoms with E-state index in [9.17, 15) is 0 Å². The molecule has 7 rings (SSSR count). The maximum atomic E-state index is 6.67. The van der Waals surface area contributed by atoms with Crippen molar-refractivity contribution < 1.29 is 9.47 Å². The van der Waals surface area contributed by atoms with Gasteiger partial charge in [0, 0.05) is 16.6 Å². The van der Waals surface area contributed by atoms with Crippen LogP contribution in [0.4, 0.5) is 0 Å². The highest BCUT2D eigenvalue weighted by atomic mass is 16.6. The van der Waals surface area contributed by atoms with E-state index in [1.165, 1.54) is 22.3 Å². The van der Waals surface area contributed by atoms with Gasteiger partial charge in [-0.3, -0.25) is 0 Å². The van der Waals surface area contributed by atoms with Crippen molar-refractivity contribution in [3.05, 3.63) is 132 Å². The van der Waals surface area contributed by atoms with Crippen LogP contribution in [0.2, 0.25) is 0 Å². The summed E-state index contributed by atoms with van der Waals surface area (Å²) in [6, 6.07) is 28.5. The molecule has 0 amide bonds. The number of hydrogen-bond acceptors (Lipinski definition) is 5. The number of rotatable bonds is 5. The number of nitrogens with zero attached hydrogens (tertiary/aromatic N) is 3. The van der Waals surface area contributed by atoms with Gasteiger partial charge in [0.15, 0.2) is 40.5 Å². The molecule has 5 nitrogen and oxygen atoms in total. The maximum Gasteiger partial charge on any atom is 0.181 e. The van der Waals surface area contributed by atoms with E-state index in [-0.39, 0.29) is 5.41 Å². The first kappa shape index (κ1) is 26.6. The van der Waals surface area contributed by atoms with Crippen LogP contribution < -0.4 is 9.47 Å². The van der Waals surface area contributed by atoms with Crippen LogP contribution in [0.25, 0.3) is 39.5 Å². The fourth-order valence-electron chi connectivity index (χ4n) is 5.86. The molecule has 0 spiro atoms. The summed E-state index contributed by atoms with van der Waals surface area (Å²) >= 11 is 0. The van der Waals surface area contributed by atoms with Crippen molar-refractivity contribution in [2.24, 2.45) is 0 Å². The van der Waals surface area contributed by atoms with E-state index >= 15 is 0 Å². The van der Waals surface area contributed by atoms with Crippen LogP contribution in [0.15, 0.2) is 115 Å². The highest BCUT2D eigenvalue weighted by Gasteiger charge is 2.37. The molecule has 1 aliphatic heterocycles. The van der Waals surface area contributed by atoms with E-state index in [4.69, 9.17) is 24.4 Å². The third kappa shape index (κ3) is 4.45. The first-order chi connectivity index (χ1) is 20.9. The normalized spacial score (nSPS) is 14.5. The molecular formula is C38H31N3O2. The number of para-hydroxylation sites is 1. The Labute approximate surface area is 251 Å². The molecule has 4 aromatic carbocycles. The summed E-state index contributed by atoms with van der Waals surface area (Å²) in [5.41, 5.74) is 8.28. The van der Waals surface area contributed by atoms with Crippen molar-refractivity contribution >= 4 is 5.57 Å². The van der Waals surface area contributed by atoms with Gasteiger partial charge in [-0.15, -0.1) is 0 Å². The van der Waals surface area contributed by atoms with E-state index < -0.39 is 0 Å². The molecule has 0 saturated carbocycles. The molecule has 1 aliphatic carbocycles. The Morgan fingerprint density at radius 1 is 0.721 bits per heavy atom. The SMILES string of the molecule is C=C/C(=C\C(C)=C\C)c1nc(-c2ccccc2)nc(-c2cccc3c2Oc2cc4c(cc2O3)-c2ccccc2C4(C)C)n1. The van der Waals surface area contributed by atoms with Crippen LogP contribution in [0.5, 0.6) is 23.0 Å². The van der Waals surface area contributed by atoms with Gasteiger partial charge in [-0.1, -0.05) is 98.8 Å². The van der Waals surface area contributed by atoms with Gasteiger partial charge >= 0.3 is 0 Å². The van der Waals surface area contributed by atoms with Gasteiger partial charge < -0.3 is 9.47 Å². The second-order valence-corrected chi connectivity index (χ2v) is 11.4. The summed E-state index contributed by atoms with van der Waals surface area (Å²) in [4.78, 5) is 14.7. The standard InChI is InChI=1S/C38H31N3O2/c1-6-23(3)20-24(7-2)35-39-36(25-14-9-8-10-15-25)41-37(40-35)27-17-13-19-31-34(27)43-33-22-30-28(21-32(33)42-31)26-16-11-12-18-29(26)38(30,4)5/h6-22H,2H2,1,3-5H3/b23-6+,24-20+. The number of ether oxygens (including phenoxy) is 2. The Bertz CT molecular complexity index is 1990. The highest BCUT2D eigenvalue weighted by molar-refractivity contribution is 5.84. The lowest BCUT2D eigenvalue weighted by atomic mass is 9.82. The smallest absolute Gasteiger partial charge is 0.181 e. The Kier molecular flexibility index (Phi) is 6.32. The Hall–Kier alpha value is -5.29. The molecule has 0 radical (unpaired) electrons. The van der Waals surface area contributed by atoms with Crippen LogP contribution in [-0.2, 0) is 5.41 Å². The van der Waals surface area contributed by atoms with Gasteiger partial charge in [0.05, 0.1) is 5.56 Å². The molecule has 5 heteroatoms. The molecule has 5 aromatic rings. The van der Waals surface area contributed by atoms with E-state index in [0.717, 1.165) is 22.3 Å². The average Bonchev–Trinajstić information content (AvgIpc) is 3.26. The Morgan fingerprint density at radius 2 is 1.44 bits per heavy atom. The largest absolute Gasteiger partial charge is 0.449 e. The second kappa shape index (κ2) is 10.2. The monoisotopic (exact) mass is 561 g/mol. The molecule has 0 saturated heterocycles. The first-order valence-electron chi connectivity index (χ1n) is 14.4. The van der Waals surface area contributed by atoms with Gasteiger partial charge in [0.1, 0.15) is 0 Å². The van der Waals surface area contributed by atoms with Gasteiger partial charge in [0.2, 0.25) is 0 Å². The highest BCUT2D eigenvalue weighted by Crippen LogP contribution is 2.56. The summed E-state index contributed by atoms with van der Waals surface area (Å²) in [6.07, 6.45) is 5.84. The summed E-state index contributed by atoms with van der Waals surface area (Å²) in [5.74, 6) is 4.15. The van der Waals surface area contributed by atoms with Crippen molar-refractivity contribution in [1.82, 2.24) is 15.0 Å².